The van der Waals surface area contributed by atoms with E-state index in [0.29, 0.717) is 5.92 Å². The SMILES string of the molecule is C1=CC2c3ccccc3N(c3cc(-c4ccc(-c5cc(-c6ccccc6)nc6ccc7ccccc7c56)cc4)cc(-n4c5ccccc5c5ccccc54)c3)C2C=C1. The molecule has 0 N–H and O–H groups in total. The number of hydrogen-bond donors (Lipinski definition) is 0. The molecule has 2 atom stereocenters. The van der Waals surface area contributed by atoms with Gasteiger partial charge in [0.25, 0.3) is 0 Å². The van der Waals surface area contributed by atoms with Gasteiger partial charge in [-0.15, -0.1) is 0 Å². The molecule has 1 aliphatic carbocycles. The number of benzene rings is 8. The minimum Gasteiger partial charge on any atom is -0.333 e. The number of allylic oxidation sites excluding steroid dienone is 2. The highest BCUT2D eigenvalue weighted by Crippen LogP contribution is 2.49. The van der Waals surface area contributed by atoms with Gasteiger partial charge in [0.2, 0.25) is 0 Å². The van der Waals surface area contributed by atoms with Crippen LogP contribution in [0.4, 0.5) is 11.4 Å². The fraction of sp³-hybridized carbons (Fsp3) is 0.0364. The van der Waals surface area contributed by atoms with Crippen molar-refractivity contribution in [3.63, 3.8) is 0 Å². The largest absolute Gasteiger partial charge is 0.333 e. The molecular formula is C55H37N3. The molecule has 12 rings (SSSR count). The molecule has 58 heavy (non-hydrogen) atoms. The summed E-state index contributed by atoms with van der Waals surface area (Å²) < 4.78 is 2.45. The Balaban J connectivity index is 1.06. The summed E-state index contributed by atoms with van der Waals surface area (Å²) in [5.41, 5.74) is 15.1. The van der Waals surface area contributed by atoms with Crippen LogP contribution in [0.15, 0.2) is 212 Å². The summed E-state index contributed by atoms with van der Waals surface area (Å²) in [5, 5.41) is 6.12. The molecule has 8 aromatic carbocycles. The van der Waals surface area contributed by atoms with Crippen LogP contribution in [0.2, 0.25) is 0 Å². The second kappa shape index (κ2) is 13.0. The number of hydrogen-bond acceptors (Lipinski definition) is 2. The Bertz CT molecular complexity index is 3240. The van der Waals surface area contributed by atoms with Crippen molar-refractivity contribution < 1.29 is 0 Å². The Morgan fingerprint density at radius 1 is 0.448 bits per heavy atom. The molecule has 3 nitrogen and oxygen atoms in total. The molecule has 3 heterocycles. The lowest BCUT2D eigenvalue weighted by atomic mass is 9.91. The van der Waals surface area contributed by atoms with Gasteiger partial charge in [-0.05, 0) is 87.1 Å². The highest BCUT2D eigenvalue weighted by Gasteiger charge is 2.37. The number of fused-ring (bicyclic) bond motifs is 9. The van der Waals surface area contributed by atoms with Crippen molar-refractivity contribution >= 4 is 54.9 Å². The van der Waals surface area contributed by atoms with Gasteiger partial charge in [0.05, 0.1) is 28.3 Å². The van der Waals surface area contributed by atoms with Gasteiger partial charge in [-0.1, -0.05) is 164 Å². The third kappa shape index (κ3) is 5.10. The standard InChI is InChI=1S/C55H37N3/c1-2-15-39(16-3-1)50-35-48(55-43-17-5-4-14-37(43)30-31-49(55)56-50)38-28-26-36(27-29-38)40-32-41(57-51-22-10-6-18-44(51)45-19-7-11-23-52(45)57)34-42(33-40)58-53-24-12-8-20-46(53)47-21-9-13-25-54(47)58/h1-35,44,51H. The van der Waals surface area contributed by atoms with Crippen LogP contribution in [0.3, 0.4) is 0 Å². The van der Waals surface area contributed by atoms with E-state index < -0.39 is 0 Å². The van der Waals surface area contributed by atoms with Crippen molar-refractivity contribution in [1.82, 2.24) is 9.55 Å². The number of anilines is 2. The molecule has 0 saturated carbocycles. The average Bonchev–Trinajstić information content (AvgIpc) is 3.82. The van der Waals surface area contributed by atoms with Crippen LogP contribution in [0.25, 0.3) is 82.7 Å². The maximum atomic E-state index is 5.20. The van der Waals surface area contributed by atoms with Gasteiger partial charge in [0, 0.05) is 44.7 Å². The molecule has 272 valence electrons. The monoisotopic (exact) mass is 739 g/mol. The van der Waals surface area contributed by atoms with E-state index in [4.69, 9.17) is 4.98 Å². The van der Waals surface area contributed by atoms with Crippen LogP contribution in [-0.4, -0.2) is 15.6 Å². The summed E-state index contributed by atoms with van der Waals surface area (Å²) >= 11 is 0. The van der Waals surface area contributed by atoms with Crippen LogP contribution in [0, 0.1) is 0 Å². The van der Waals surface area contributed by atoms with E-state index in [-0.39, 0.29) is 6.04 Å². The lowest BCUT2D eigenvalue weighted by molar-refractivity contribution is 0.744. The minimum absolute atomic E-state index is 0.194. The zero-order valence-electron chi connectivity index (χ0n) is 31.7. The zero-order valence-corrected chi connectivity index (χ0v) is 31.7. The molecule has 0 amide bonds. The number of aromatic nitrogens is 2. The van der Waals surface area contributed by atoms with Crippen molar-refractivity contribution in [2.24, 2.45) is 0 Å². The lowest BCUT2D eigenvalue weighted by Gasteiger charge is -2.30. The van der Waals surface area contributed by atoms with Gasteiger partial charge in [0.1, 0.15) is 0 Å². The van der Waals surface area contributed by atoms with E-state index in [1.54, 1.807) is 0 Å². The van der Waals surface area contributed by atoms with Gasteiger partial charge < -0.3 is 9.47 Å². The van der Waals surface area contributed by atoms with Crippen molar-refractivity contribution in [2.45, 2.75) is 12.0 Å². The van der Waals surface area contributed by atoms with Gasteiger partial charge in [0.15, 0.2) is 0 Å². The number of pyridine rings is 1. The minimum atomic E-state index is 0.194. The van der Waals surface area contributed by atoms with E-state index in [1.807, 2.05) is 0 Å². The summed E-state index contributed by atoms with van der Waals surface area (Å²) in [5.74, 6) is 0.299. The molecule has 3 heteroatoms. The molecular weight excluding hydrogens is 703 g/mol. The second-order valence-corrected chi connectivity index (χ2v) is 15.5. The fourth-order valence-corrected chi connectivity index (χ4v) is 9.65. The van der Waals surface area contributed by atoms with Crippen LogP contribution in [0.1, 0.15) is 11.5 Å². The highest BCUT2D eigenvalue weighted by molar-refractivity contribution is 6.14. The van der Waals surface area contributed by atoms with Crippen molar-refractivity contribution in [3.8, 4) is 39.2 Å². The molecule has 0 saturated heterocycles. The van der Waals surface area contributed by atoms with Crippen molar-refractivity contribution in [1.29, 1.82) is 0 Å². The lowest BCUT2D eigenvalue weighted by Crippen LogP contribution is -2.28. The number of rotatable bonds is 5. The molecule has 0 spiro atoms. The molecule has 2 aromatic heterocycles. The number of nitrogens with zero attached hydrogens (tertiary/aromatic N) is 3. The molecule has 0 fully saturated rings. The first-order chi connectivity index (χ1) is 28.8. The Morgan fingerprint density at radius 2 is 1.10 bits per heavy atom. The maximum Gasteiger partial charge on any atom is 0.0722 e. The Morgan fingerprint density at radius 3 is 1.91 bits per heavy atom. The van der Waals surface area contributed by atoms with Crippen molar-refractivity contribution in [2.75, 3.05) is 4.90 Å². The van der Waals surface area contributed by atoms with Crippen LogP contribution in [0.5, 0.6) is 0 Å². The van der Waals surface area contributed by atoms with E-state index in [0.717, 1.165) is 22.5 Å². The zero-order chi connectivity index (χ0) is 38.2. The third-order valence-corrected chi connectivity index (χ3v) is 12.3. The smallest absolute Gasteiger partial charge is 0.0722 e. The fourth-order valence-electron chi connectivity index (χ4n) is 9.65. The maximum absolute atomic E-state index is 5.20. The summed E-state index contributed by atoms with van der Waals surface area (Å²) in [6.45, 7) is 0. The van der Waals surface area contributed by atoms with Crippen LogP contribution in [-0.2, 0) is 0 Å². The predicted octanol–water partition coefficient (Wildman–Crippen LogP) is 14.2. The summed E-state index contributed by atoms with van der Waals surface area (Å²) in [4.78, 5) is 7.75. The van der Waals surface area contributed by atoms with E-state index in [2.05, 4.69) is 222 Å². The average molecular weight is 740 g/mol. The Labute approximate surface area is 337 Å². The van der Waals surface area contributed by atoms with Gasteiger partial charge in [-0.25, -0.2) is 4.98 Å². The van der Waals surface area contributed by atoms with E-state index >= 15 is 0 Å². The summed E-state index contributed by atoms with van der Waals surface area (Å²) in [6, 6.07) is 68.8. The molecule has 1 aliphatic heterocycles. The van der Waals surface area contributed by atoms with Gasteiger partial charge >= 0.3 is 0 Å². The predicted molar refractivity (Wildman–Crippen MR) is 243 cm³/mol. The topological polar surface area (TPSA) is 21.1 Å². The second-order valence-electron chi connectivity index (χ2n) is 15.5. The number of para-hydroxylation sites is 3. The Kier molecular flexibility index (Phi) is 7.36. The molecule has 0 bridgehead atoms. The molecule has 2 unspecified atom stereocenters. The van der Waals surface area contributed by atoms with E-state index in [1.165, 1.54) is 77.2 Å². The first-order valence-corrected chi connectivity index (χ1v) is 20.1. The molecule has 2 aliphatic rings. The summed E-state index contributed by atoms with van der Waals surface area (Å²) in [6.07, 6.45) is 9.11. The normalized spacial score (nSPS) is 15.8. The van der Waals surface area contributed by atoms with Gasteiger partial charge in [-0.2, -0.15) is 0 Å². The van der Waals surface area contributed by atoms with E-state index in [9.17, 15) is 0 Å². The third-order valence-electron chi connectivity index (χ3n) is 12.3. The van der Waals surface area contributed by atoms with Gasteiger partial charge in [-0.3, -0.25) is 0 Å². The molecule has 10 aromatic rings. The highest BCUT2D eigenvalue weighted by atomic mass is 15.2. The quantitative estimate of drug-likeness (QED) is 0.164. The first kappa shape index (κ1) is 32.7. The van der Waals surface area contributed by atoms with Crippen molar-refractivity contribution in [3.05, 3.63) is 218 Å². The Hall–Kier alpha value is -7.49. The van der Waals surface area contributed by atoms with Crippen LogP contribution >= 0.6 is 0 Å². The molecule has 0 radical (unpaired) electrons. The van der Waals surface area contributed by atoms with Crippen LogP contribution < -0.4 is 4.90 Å². The summed E-state index contributed by atoms with van der Waals surface area (Å²) in [7, 11) is 0. The first-order valence-electron chi connectivity index (χ1n) is 20.1.